The number of hydrogen-bond donors (Lipinski definition) is 1. The Balaban J connectivity index is 2.87. The van der Waals surface area contributed by atoms with Crippen molar-refractivity contribution < 1.29 is 9.53 Å². The molecule has 0 unspecified atom stereocenters. The fourth-order valence-corrected chi connectivity index (χ4v) is 1.91. The highest BCUT2D eigenvalue weighted by molar-refractivity contribution is 5.81. The number of nitrogens with one attached hydrogen (secondary N) is 1. The number of aromatic nitrogens is 3. The number of rotatable bonds is 3. The normalized spacial score (nSPS) is 10.6. The predicted octanol–water partition coefficient (Wildman–Crippen LogP) is -1.15. The Morgan fingerprint density at radius 1 is 1.45 bits per heavy atom. The van der Waals surface area contributed by atoms with E-state index >= 15 is 0 Å². The maximum Gasteiger partial charge on any atom is 0.332 e. The summed E-state index contributed by atoms with van der Waals surface area (Å²) in [6.07, 6.45) is 1.45. The van der Waals surface area contributed by atoms with E-state index in [4.69, 9.17) is 4.74 Å². The Kier molecular flexibility index (Phi) is 3.55. The molecule has 0 radical (unpaired) electrons. The minimum Gasteiger partial charge on any atom is -0.496 e. The van der Waals surface area contributed by atoms with Crippen molar-refractivity contribution in [2.75, 3.05) is 14.2 Å². The minimum absolute atomic E-state index is 0.168. The summed E-state index contributed by atoms with van der Waals surface area (Å²) in [6, 6.07) is 1.53. The lowest BCUT2D eigenvalue weighted by atomic mass is 10.3. The zero-order valence-electron chi connectivity index (χ0n) is 11.3. The summed E-state index contributed by atoms with van der Waals surface area (Å²) in [5.41, 5.74) is -0.990. The molecule has 2 aromatic heterocycles. The summed E-state index contributed by atoms with van der Waals surface area (Å²) in [6.45, 7) is -0.351. The average Bonchev–Trinajstić information content (AvgIpc) is 2.48. The third kappa shape index (κ3) is 2.04. The molecule has 1 N–H and O–H groups in total. The van der Waals surface area contributed by atoms with Crippen molar-refractivity contribution in [2.24, 2.45) is 7.05 Å². The Morgan fingerprint density at radius 2 is 2.15 bits per heavy atom. The highest BCUT2D eigenvalue weighted by Gasteiger charge is 2.17. The fraction of sp³-hybridized carbons (Fsp3) is 0.333. The van der Waals surface area contributed by atoms with Crippen LogP contribution in [0.2, 0.25) is 0 Å². The first kappa shape index (κ1) is 13.8. The first-order valence-corrected chi connectivity index (χ1v) is 5.84. The van der Waals surface area contributed by atoms with Crippen LogP contribution >= 0.6 is 0 Å². The molecule has 0 aliphatic carbocycles. The Hall–Kier alpha value is -2.64. The van der Waals surface area contributed by atoms with Gasteiger partial charge in [-0.3, -0.25) is 14.2 Å². The molecule has 2 aromatic rings. The van der Waals surface area contributed by atoms with E-state index in [1.54, 1.807) is 0 Å². The lowest BCUT2D eigenvalue weighted by Gasteiger charge is -2.11. The van der Waals surface area contributed by atoms with Gasteiger partial charge in [0, 0.05) is 20.3 Å². The largest absolute Gasteiger partial charge is 0.496 e. The molecule has 0 fully saturated rings. The summed E-state index contributed by atoms with van der Waals surface area (Å²) in [5.74, 6) is -0.132. The van der Waals surface area contributed by atoms with Crippen molar-refractivity contribution >= 4 is 16.9 Å². The zero-order chi connectivity index (χ0) is 14.9. The summed E-state index contributed by atoms with van der Waals surface area (Å²) in [7, 11) is 4.33. The van der Waals surface area contributed by atoms with Crippen molar-refractivity contribution in [1.29, 1.82) is 0 Å². The second-order valence-electron chi connectivity index (χ2n) is 4.12. The minimum atomic E-state index is -0.605. The first-order valence-electron chi connectivity index (χ1n) is 5.84. The highest BCUT2D eigenvalue weighted by atomic mass is 16.5. The molecule has 0 saturated heterocycles. The third-order valence-corrected chi connectivity index (χ3v) is 2.99. The van der Waals surface area contributed by atoms with Crippen LogP contribution in [0.5, 0.6) is 5.75 Å². The number of hydrogen-bond acceptors (Lipinski definition) is 5. The fourth-order valence-electron chi connectivity index (χ4n) is 1.91. The quantitative estimate of drug-likeness (QED) is 0.765. The van der Waals surface area contributed by atoms with Gasteiger partial charge in [0.25, 0.3) is 5.56 Å². The van der Waals surface area contributed by atoms with Gasteiger partial charge in [-0.1, -0.05) is 0 Å². The molecule has 8 nitrogen and oxygen atoms in total. The van der Waals surface area contributed by atoms with Crippen molar-refractivity contribution in [2.45, 2.75) is 6.54 Å². The Bertz CT molecular complexity index is 790. The van der Waals surface area contributed by atoms with Crippen molar-refractivity contribution in [1.82, 2.24) is 19.4 Å². The topological polar surface area (TPSA) is 95.2 Å². The number of likely N-dealkylation sites (N-methyl/N-ethyl adjacent to an activating group) is 1. The van der Waals surface area contributed by atoms with E-state index in [-0.39, 0.29) is 17.6 Å². The van der Waals surface area contributed by atoms with E-state index in [2.05, 4.69) is 10.3 Å². The van der Waals surface area contributed by atoms with E-state index in [9.17, 15) is 14.4 Å². The van der Waals surface area contributed by atoms with Crippen molar-refractivity contribution in [3.8, 4) is 5.75 Å². The van der Waals surface area contributed by atoms with E-state index in [0.717, 1.165) is 4.57 Å². The molecule has 0 aliphatic heterocycles. The van der Waals surface area contributed by atoms with Crippen LogP contribution in [0, 0.1) is 0 Å². The van der Waals surface area contributed by atoms with Crippen LogP contribution in [-0.4, -0.2) is 34.2 Å². The summed E-state index contributed by atoms with van der Waals surface area (Å²) < 4.78 is 7.18. The van der Waals surface area contributed by atoms with Gasteiger partial charge in [-0.2, -0.15) is 0 Å². The second kappa shape index (κ2) is 5.16. The SMILES string of the molecule is CNC(=O)Cn1c(=O)c2c(OC)ccnc2n(C)c1=O. The highest BCUT2D eigenvalue weighted by Crippen LogP contribution is 2.17. The summed E-state index contributed by atoms with van der Waals surface area (Å²) in [5, 5.41) is 2.54. The van der Waals surface area contributed by atoms with E-state index in [0.29, 0.717) is 5.75 Å². The molecule has 8 heteroatoms. The van der Waals surface area contributed by atoms with Crippen molar-refractivity contribution in [3.63, 3.8) is 0 Å². The molecule has 20 heavy (non-hydrogen) atoms. The number of ether oxygens (including phenoxy) is 1. The zero-order valence-corrected chi connectivity index (χ0v) is 11.3. The van der Waals surface area contributed by atoms with Gasteiger partial charge in [0.2, 0.25) is 5.91 Å². The van der Waals surface area contributed by atoms with Gasteiger partial charge in [-0.15, -0.1) is 0 Å². The monoisotopic (exact) mass is 278 g/mol. The van der Waals surface area contributed by atoms with Gasteiger partial charge in [0.1, 0.15) is 17.7 Å². The van der Waals surface area contributed by atoms with Gasteiger partial charge >= 0.3 is 5.69 Å². The van der Waals surface area contributed by atoms with Crippen LogP contribution in [0.15, 0.2) is 21.9 Å². The van der Waals surface area contributed by atoms with Crippen LogP contribution < -0.4 is 21.3 Å². The van der Waals surface area contributed by atoms with Gasteiger partial charge in [0.15, 0.2) is 5.65 Å². The number of carbonyl (C=O) groups is 1. The molecule has 2 rings (SSSR count). The first-order chi connectivity index (χ1) is 9.51. The molecule has 0 saturated carbocycles. The number of amides is 1. The number of carbonyl (C=O) groups excluding carboxylic acids is 1. The van der Waals surface area contributed by atoms with Crippen LogP contribution in [0.4, 0.5) is 0 Å². The van der Waals surface area contributed by atoms with Crippen LogP contribution in [-0.2, 0) is 18.4 Å². The van der Waals surface area contributed by atoms with Crippen LogP contribution in [0.3, 0.4) is 0 Å². The lowest BCUT2D eigenvalue weighted by Crippen LogP contribution is -2.43. The Morgan fingerprint density at radius 3 is 2.75 bits per heavy atom. The van der Waals surface area contributed by atoms with E-state index in [1.165, 1.54) is 38.0 Å². The molecular formula is C12H14N4O4. The van der Waals surface area contributed by atoms with Gasteiger partial charge in [-0.05, 0) is 6.07 Å². The smallest absolute Gasteiger partial charge is 0.332 e. The number of aryl methyl sites for hydroxylation is 1. The summed E-state index contributed by atoms with van der Waals surface area (Å²) >= 11 is 0. The molecule has 0 aromatic carbocycles. The van der Waals surface area contributed by atoms with Crippen LogP contribution in [0.25, 0.3) is 11.0 Å². The Labute approximate surface area is 113 Å². The van der Waals surface area contributed by atoms with Crippen molar-refractivity contribution in [3.05, 3.63) is 33.1 Å². The van der Waals surface area contributed by atoms with E-state index < -0.39 is 17.2 Å². The molecule has 0 bridgehead atoms. The number of methoxy groups -OCH3 is 1. The lowest BCUT2D eigenvalue weighted by molar-refractivity contribution is -0.121. The second-order valence-corrected chi connectivity index (χ2v) is 4.12. The molecule has 0 spiro atoms. The molecule has 1 amide bonds. The standard InChI is InChI=1S/C12H14N4O4/c1-13-8(17)6-16-11(18)9-7(20-3)4-5-14-10(9)15(2)12(16)19/h4-5H,6H2,1-3H3,(H,13,17). The number of pyridine rings is 1. The molecular weight excluding hydrogens is 264 g/mol. The maximum atomic E-state index is 12.4. The summed E-state index contributed by atoms with van der Waals surface area (Å²) in [4.78, 5) is 39.9. The number of nitrogens with zero attached hydrogens (tertiary/aromatic N) is 3. The van der Waals surface area contributed by atoms with Crippen LogP contribution in [0.1, 0.15) is 0 Å². The number of fused-ring (bicyclic) bond motifs is 1. The molecule has 2 heterocycles. The van der Waals surface area contributed by atoms with E-state index in [1.807, 2.05) is 0 Å². The third-order valence-electron chi connectivity index (χ3n) is 2.99. The van der Waals surface area contributed by atoms with Gasteiger partial charge < -0.3 is 10.1 Å². The molecule has 0 atom stereocenters. The molecule has 0 aliphatic rings. The van der Waals surface area contributed by atoms with Gasteiger partial charge in [-0.25, -0.2) is 14.3 Å². The molecule has 106 valence electrons. The van der Waals surface area contributed by atoms with Gasteiger partial charge in [0.05, 0.1) is 7.11 Å². The average molecular weight is 278 g/mol. The predicted molar refractivity (Wildman–Crippen MR) is 71.9 cm³/mol. The maximum absolute atomic E-state index is 12.4.